The van der Waals surface area contributed by atoms with Crippen LogP contribution in [-0.4, -0.2) is 43.0 Å². The summed E-state index contributed by atoms with van der Waals surface area (Å²) >= 11 is 0. The van der Waals surface area contributed by atoms with Gasteiger partial charge in [0.25, 0.3) is 0 Å². The monoisotopic (exact) mass is 297 g/mol. The molecular weight excluding hydrogens is 262 g/mol. The van der Waals surface area contributed by atoms with Crippen LogP contribution < -0.4 is 11.1 Å². The Labute approximate surface area is 130 Å². The third kappa shape index (κ3) is 8.42. The average Bonchev–Trinajstić information content (AvgIpc) is 2.44. The second kappa shape index (κ2) is 10.2. The number of nitrogens with one attached hydrogen (secondary N) is 1. The molecule has 1 saturated heterocycles. The van der Waals surface area contributed by atoms with Gasteiger partial charge in [0.15, 0.2) is 0 Å². The number of nitrogens with two attached hydrogens (primary N) is 1. The zero-order valence-corrected chi connectivity index (χ0v) is 14.2. The second-order valence-corrected chi connectivity index (χ2v) is 6.98. The van der Waals surface area contributed by atoms with E-state index in [0.717, 1.165) is 44.7 Å². The van der Waals surface area contributed by atoms with Crippen molar-refractivity contribution in [2.75, 3.05) is 26.2 Å². The van der Waals surface area contributed by atoms with Crippen molar-refractivity contribution in [3.63, 3.8) is 0 Å². The van der Waals surface area contributed by atoms with Crippen LogP contribution >= 0.6 is 0 Å². The molecule has 1 aliphatic heterocycles. The molecule has 1 heterocycles. The highest BCUT2D eigenvalue weighted by atomic mass is 16.1. The summed E-state index contributed by atoms with van der Waals surface area (Å²) in [6.07, 6.45) is 6.69. The SMILES string of the molecule is CC(N)CCCC(C)C(=O)NCCCN1CCC(C)CC1. The normalized spacial score (nSPS) is 20.2. The van der Waals surface area contributed by atoms with Crippen molar-refractivity contribution in [2.45, 2.75) is 65.3 Å². The predicted molar refractivity (Wildman–Crippen MR) is 89.1 cm³/mol. The fourth-order valence-corrected chi connectivity index (χ4v) is 2.85. The Morgan fingerprint density at radius 3 is 2.52 bits per heavy atom. The molecule has 0 bridgehead atoms. The summed E-state index contributed by atoms with van der Waals surface area (Å²) in [5.41, 5.74) is 5.73. The number of hydrogen-bond donors (Lipinski definition) is 2. The van der Waals surface area contributed by atoms with Crippen molar-refractivity contribution in [3.05, 3.63) is 0 Å². The van der Waals surface area contributed by atoms with Crippen molar-refractivity contribution in [1.29, 1.82) is 0 Å². The Hall–Kier alpha value is -0.610. The van der Waals surface area contributed by atoms with Crippen molar-refractivity contribution >= 4 is 5.91 Å². The fourth-order valence-electron chi connectivity index (χ4n) is 2.85. The van der Waals surface area contributed by atoms with Gasteiger partial charge < -0.3 is 16.0 Å². The van der Waals surface area contributed by atoms with Crippen LogP contribution in [0.5, 0.6) is 0 Å². The number of carbonyl (C=O) groups is 1. The van der Waals surface area contributed by atoms with E-state index in [4.69, 9.17) is 5.73 Å². The molecule has 2 unspecified atom stereocenters. The van der Waals surface area contributed by atoms with Crippen molar-refractivity contribution in [2.24, 2.45) is 17.6 Å². The van der Waals surface area contributed by atoms with Gasteiger partial charge in [-0.3, -0.25) is 4.79 Å². The molecular formula is C17H35N3O. The molecule has 3 N–H and O–H groups in total. The van der Waals surface area contributed by atoms with E-state index < -0.39 is 0 Å². The summed E-state index contributed by atoms with van der Waals surface area (Å²) in [7, 11) is 0. The third-order valence-corrected chi connectivity index (χ3v) is 4.57. The quantitative estimate of drug-likeness (QED) is 0.642. The van der Waals surface area contributed by atoms with Crippen LogP contribution in [0.2, 0.25) is 0 Å². The lowest BCUT2D eigenvalue weighted by molar-refractivity contribution is -0.124. The molecule has 1 fully saturated rings. The number of likely N-dealkylation sites (tertiary alicyclic amines) is 1. The molecule has 4 heteroatoms. The molecule has 0 saturated carbocycles. The van der Waals surface area contributed by atoms with Gasteiger partial charge in [-0.15, -0.1) is 0 Å². The molecule has 0 spiro atoms. The van der Waals surface area contributed by atoms with Crippen LogP contribution in [0.15, 0.2) is 0 Å². The van der Waals surface area contributed by atoms with Gasteiger partial charge in [-0.25, -0.2) is 0 Å². The number of nitrogens with zero attached hydrogens (tertiary/aromatic N) is 1. The van der Waals surface area contributed by atoms with E-state index in [9.17, 15) is 4.79 Å². The number of hydrogen-bond acceptors (Lipinski definition) is 3. The number of rotatable bonds is 9. The topological polar surface area (TPSA) is 58.4 Å². The van der Waals surface area contributed by atoms with Crippen molar-refractivity contribution in [3.8, 4) is 0 Å². The van der Waals surface area contributed by atoms with Gasteiger partial charge in [0.1, 0.15) is 0 Å². The highest BCUT2D eigenvalue weighted by Crippen LogP contribution is 2.15. The first-order valence-electron chi connectivity index (χ1n) is 8.74. The van der Waals surface area contributed by atoms with Gasteiger partial charge in [0.05, 0.1) is 0 Å². The minimum Gasteiger partial charge on any atom is -0.356 e. The van der Waals surface area contributed by atoms with E-state index in [1.165, 1.54) is 25.9 Å². The zero-order chi connectivity index (χ0) is 15.7. The Balaban J connectivity index is 2.02. The van der Waals surface area contributed by atoms with Gasteiger partial charge in [-0.2, -0.15) is 0 Å². The van der Waals surface area contributed by atoms with Crippen molar-refractivity contribution < 1.29 is 4.79 Å². The first-order chi connectivity index (χ1) is 9.99. The maximum atomic E-state index is 12.0. The highest BCUT2D eigenvalue weighted by molar-refractivity contribution is 5.78. The highest BCUT2D eigenvalue weighted by Gasteiger charge is 2.15. The molecule has 21 heavy (non-hydrogen) atoms. The lowest BCUT2D eigenvalue weighted by Crippen LogP contribution is -2.36. The molecule has 0 aromatic carbocycles. The standard InChI is InChI=1S/C17H35N3O/c1-14-8-12-20(13-9-14)11-5-10-19-17(21)15(2)6-4-7-16(3)18/h14-16H,4-13,18H2,1-3H3,(H,19,21). The molecule has 4 nitrogen and oxygen atoms in total. The van der Waals surface area contributed by atoms with Crippen LogP contribution in [0.3, 0.4) is 0 Å². The third-order valence-electron chi connectivity index (χ3n) is 4.57. The Morgan fingerprint density at radius 1 is 1.24 bits per heavy atom. The van der Waals surface area contributed by atoms with E-state index in [1.54, 1.807) is 0 Å². The first kappa shape index (κ1) is 18.4. The van der Waals surface area contributed by atoms with Gasteiger partial charge in [-0.05, 0) is 64.6 Å². The molecule has 124 valence electrons. The zero-order valence-electron chi connectivity index (χ0n) is 14.2. The van der Waals surface area contributed by atoms with E-state index in [2.05, 4.69) is 17.1 Å². The molecule has 0 aromatic rings. The molecule has 1 aliphatic rings. The van der Waals surface area contributed by atoms with Crippen LogP contribution in [0.4, 0.5) is 0 Å². The molecule has 0 aliphatic carbocycles. The number of carbonyl (C=O) groups excluding carboxylic acids is 1. The minimum atomic E-state index is 0.111. The predicted octanol–water partition coefficient (Wildman–Crippen LogP) is 2.38. The molecule has 1 rings (SSSR count). The lowest BCUT2D eigenvalue weighted by atomic mass is 9.99. The Morgan fingerprint density at radius 2 is 1.90 bits per heavy atom. The van der Waals surface area contributed by atoms with Gasteiger partial charge in [-0.1, -0.05) is 20.3 Å². The Kier molecular flexibility index (Phi) is 8.93. The van der Waals surface area contributed by atoms with E-state index in [0.29, 0.717) is 0 Å². The minimum absolute atomic E-state index is 0.111. The summed E-state index contributed by atoms with van der Waals surface area (Å²) in [5, 5.41) is 3.07. The summed E-state index contributed by atoms with van der Waals surface area (Å²) < 4.78 is 0. The summed E-state index contributed by atoms with van der Waals surface area (Å²) in [5.74, 6) is 1.20. The summed E-state index contributed by atoms with van der Waals surface area (Å²) in [6.45, 7) is 10.7. The van der Waals surface area contributed by atoms with Crippen LogP contribution in [-0.2, 0) is 4.79 Å². The molecule has 0 aromatic heterocycles. The summed E-state index contributed by atoms with van der Waals surface area (Å²) in [4.78, 5) is 14.5. The van der Waals surface area contributed by atoms with Crippen molar-refractivity contribution in [1.82, 2.24) is 10.2 Å². The van der Waals surface area contributed by atoms with Crippen LogP contribution in [0, 0.1) is 11.8 Å². The lowest BCUT2D eigenvalue weighted by Gasteiger charge is -2.30. The largest absolute Gasteiger partial charge is 0.356 e. The van der Waals surface area contributed by atoms with Gasteiger partial charge >= 0.3 is 0 Å². The molecule has 1 amide bonds. The average molecular weight is 297 g/mol. The summed E-state index contributed by atoms with van der Waals surface area (Å²) in [6, 6.07) is 0.243. The molecule has 0 radical (unpaired) electrons. The number of piperidine rings is 1. The van der Waals surface area contributed by atoms with Gasteiger partial charge in [0.2, 0.25) is 5.91 Å². The van der Waals surface area contributed by atoms with Crippen LogP contribution in [0.25, 0.3) is 0 Å². The fraction of sp³-hybridized carbons (Fsp3) is 0.941. The number of amides is 1. The second-order valence-electron chi connectivity index (χ2n) is 6.98. The van der Waals surface area contributed by atoms with E-state index in [-0.39, 0.29) is 17.9 Å². The maximum absolute atomic E-state index is 12.0. The smallest absolute Gasteiger partial charge is 0.222 e. The van der Waals surface area contributed by atoms with Gasteiger partial charge in [0, 0.05) is 18.5 Å². The van der Waals surface area contributed by atoms with E-state index in [1.807, 2.05) is 13.8 Å². The van der Waals surface area contributed by atoms with E-state index >= 15 is 0 Å². The maximum Gasteiger partial charge on any atom is 0.222 e. The Bertz CT molecular complexity index is 286. The van der Waals surface area contributed by atoms with Crippen LogP contribution in [0.1, 0.15) is 59.3 Å². The molecule has 2 atom stereocenters. The first-order valence-corrected chi connectivity index (χ1v) is 8.74.